The first-order valence-electron chi connectivity index (χ1n) is 6.11. The summed E-state index contributed by atoms with van der Waals surface area (Å²) >= 11 is 0. The molecule has 0 aromatic carbocycles. The van der Waals surface area contributed by atoms with Crippen LogP contribution in [0.3, 0.4) is 0 Å². The third-order valence-electron chi connectivity index (χ3n) is 4.23. The average molecular weight is 238 g/mol. The molecule has 0 spiro atoms. The molecule has 1 aliphatic carbocycles. The number of aliphatic hydroxyl groups is 1. The van der Waals surface area contributed by atoms with E-state index in [0.29, 0.717) is 19.0 Å². The third kappa shape index (κ3) is 2.23. The van der Waals surface area contributed by atoms with Crippen LogP contribution in [-0.2, 0) is 4.79 Å². The first-order valence-corrected chi connectivity index (χ1v) is 6.11. The van der Waals surface area contributed by atoms with E-state index in [1.54, 1.807) is 4.90 Å². The van der Waals surface area contributed by atoms with Crippen molar-refractivity contribution in [2.24, 2.45) is 16.4 Å². The molecule has 0 unspecified atom stereocenters. The van der Waals surface area contributed by atoms with Crippen LogP contribution in [0.5, 0.6) is 0 Å². The molecule has 1 amide bonds. The third-order valence-corrected chi connectivity index (χ3v) is 4.23. The van der Waals surface area contributed by atoms with Crippen LogP contribution in [0.4, 0.5) is 0 Å². The molecule has 0 radical (unpaired) electrons. The maximum absolute atomic E-state index is 11.8. The number of rotatable bonds is 3. The lowest BCUT2D eigenvalue weighted by molar-refractivity contribution is -0.129. The Morgan fingerprint density at radius 2 is 2.41 bits per heavy atom. The summed E-state index contributed by atoms with van der Waals surface area (Å²) < 4.78 is 0. The number of carbonyl (C=O) groups is 1. The molecule has 2 atom stereocenters. The predicted octanol–water partition coefficient (Wildman–Crippen LogP) is 1.31. The quantitative estimate of drug-likeness (QED) is 0.456. The van der Waals surface area contributed by atoms with Gasteiger partial charge in [-0.25, -0.2) is 0 Å². The van der Waals surface area contributed by atoms with E-state index in [9.17, 15) is 9.90 Å². The lowest BCUT2D eigenvalue weighted by atomic mass is 9.69. The normalized spacial score (nSPS) is 31.8. The summed E-state index contributed by atoms with van der Waals surface area (Å²) in [7, 11) is 0. The van der Waals surface area contributed by atoms with Gasteiger partial charge in [0.05, 0.1) is 6.61 Å². The zero-order valence-corrected chi connectivity index (χ0v) is 9.88. The summed E-state index contributed by atoms with van der Waals surface area (Å²) in [6.07, 6.45) is 4.41. The summed E-state index contributed by atoms with van der Waals surface area (Å²) in [6.45, 7) is 1.38. The lowest BCUT2D eigenvalue weighted by Gasteiger charge is -2.36. The number of carbonyl (C=O) groups excluding carboxylic acids is 1. The van der Waals surface area contributed by atoms with Crippen LogP contribution >= 0.6 is 0 Å². The van der Waals surface area contributed by atoms with Gasteiger partial charge in [-0.1, -0.05) is 18.0 Å². The molecule has 1 saturated carbocycles. The van der Waals surface area contributed by atoms with E-state index in [4.69, 9.17) is 5.53 Å². The van der Waals surface area contributed by atoms with Crippen LogP contribution in [-0.4, -0.2) is 42.2 Å². The van der Waals surface area contributed by atoms with Gasteiger partial charge in [-0.3, -0.25) is 4.79 Å². The minimum Gasteiger partial charge on any atom is -0.396 e. The maximum atomic E-state index is 11.8. The van der Waals surface area contributed by atoms with Gasteiger partial charge < -0.3 is 10.0 Å². The van der Waals surface area contributed by atoms with Gasteiger partial charge in [0.1, 0.15) is 6.54 Å². The van der Waals surface area contributed by atoms with Crippen LogP contribution < -0.4 is 0 Å². The molecule has 2 aliphatic rings. The molecule has 1 N–H and O–H groups in total. The Bertz CT molecular complexity index is 353. The summed E-state index contributed by atoms with van der Waals surface area (Å²) in [5.74, 6) is 0.293. The zero-order chi connectivity index (χ0) is 12.3. The van der Waals surface area contributed by atoms with E-state index >= 15 is 0 Å². The van der Waals surface area contributed by atoms with Crippen LogP contribution in [0.2, 0.25) is 0 Å². The second-order valence-corrected chi connectivity index (χ2v) is 5.13. The molecule has 2 fully saturated rings. The van der Waals surface area contributed by atoms with E-state index in [2.05, 4.69) is 10.0 Å². The number of likely N-dealkylation sites (tertiary alicyclic amines) is 1. The Morgan fingerprint density at radius 3 is 3.06 bits per heavy atom. The van der Waals surface area contributed by atoms with Crippen LogP contribution in [0, 0.1) is 11.3 Å². The lowest BCUT2D eigenvalue weighted by Crippen LogP contribution is -2.38. The number of azide groups is 1. The van der Waals surface area contributed by atoms with Crippen molar-refractivity contribution in [3.05, 3.63) is 10.4 Å². The molecule has 0 aromatic rings. The summed E-state index contributed by atoms with van der Waals surface area (Å²) in [4.78, 5) is 16.1. The first-order chi connectivity index (χ1) is 8.22. The van der Waals surface area contributed by atoms with Crippen molar-refractivity contribution in [3.8, 4) is 0 Å². The van der Waals surface area contributed by atoms with Crippen LogP contribution in [0.1, 0.15) is 25.7 Å². The average Bonchev–Trinajstić information content (AvgIpc) is 2.76. The van der Waals surface area contributed by atoms with Crippen molar-refractivity contribution >= 4 is 5.91 Å². The molecule has 0 bridgehead atoms. The topological polar surface area (TPSA) is 89.3 Å². The van der Waals surface area contributed by atoms with E-state index < -0.39 is 0 Å². The van der Waals surface area contributed by atoms with Crippen molar-refractivity contribution in [3.63, 3.8) is 0 Å². The monoisotopic (exact) mass is 238 g/mol. The van der Waals surface area contributed by atoms with Gasteiger partial charge in [0, 0.05) is 23.4 Å². The zero-order valence-electron chi connectivity index (χ0n) is 9.88. The smallest absolute Gasteiger partial charge is 0.228 e. The SMILES string of the molecule is [N-]=[N+]=NCC(=O)N1C[C@H]2CCCC[C@]2(CO)C1. The molecular weight excluding hydrogens is 220 g/mol. The predicted molar refractivity (Wildman–Crippen MR) is 62.1 cm³/mol. The number of fused-ring (bicyclic) bond motifs is 1. The van der Waals surface area contributed by atoms with Crippen molar-refractivity contribution in [1.29, 1.82) is 0 Å². The minimum absolute atomic E-state index is 0.0930. The molecule has 6 heteroatoms. The van der Waals surface area contributed by atoms with E-state index in [-0.39, 0.29) is 24.5 Å². The first kappa shape index (κ1) is 12.2. The van der Waals surface area contributed by atoms with Gasteiger partial charge in [-0.05, 0) is 24.3 Å². The second kappa shape index (κ2) is 4.94. The van der Waals surface area contributed by atoms with E-state index in [1.807, 2.05) is 0 Å². The number of nitrogens with zero attached hydrogens (tertiary/aromatic N) is 4. The Labute approximate surface area is 100 Å². The van der Waals surface area contributed by atoms with Gasteiger partial charge in [0.15, 0.2) is 0 Å². The fraction of sp³-hybridized carbons (Fsp3) is 0.909. The Balaban J connectivity index is 2.05. The number of hydrogen-bond acceptors (Lipinski definition) is 3. The summed E-state index contributed by atoms with van der Waals surface area (Å²) in [5, 5.41) is 12.9. The molecular formula is C11H18N4O2. The highest BCUT2D eigenvalue weighted by Crippen LogP contribution is 2.46. The van der Waals surface area contributed by atoms with Gasteiger partial charge in [0.2, 0.25) is 5.91 Å². The maximum Gasteiger partial charge on any atom is 0.228 e. The highest BCUT2D eigenvalue weighted by Gasteiger charge is 2.48. The second-order valence-electron chi connectivity index (χ2n) is 5.13. The van der Waals surface area contributed by atoms with Gasteiger partial charge in [-0.2, -0.15) is 0 Å². The van der Waals surface area contributed by atoms with Crippen LogP contribution in [0.15, 0.2) is 5.11 Å². The summed E-state index contributed by atoms with van der Waals surface area (Å²) in [5.41, 5.74) is 8.12. The molecule has 6 nitrogen and oxygen atoms in total. The molecule has 0 aromatic heterocycles. The van der Waals surface area contributed by atoms with E-state index in [1.165, 1.54) is 6.42 Å². The molecule has 94 valence electrons. The Kier molecular flexibility index (Phi) is 3.54. The van der Waals surface area contributed by atoms with Gasteiger partial charge >= 0.3 is 0 Å². The van der Waals surface area contributed by atoms with Crippen molar-refractivity contribution in [2.45, 2.75) is 25.7 Å². The Morgan fingerprint density at radius 1 is 1.59 bits per heavy atom. The molecule has 17 heavy (non-hydrogen) atoms. The highest BCUT2D eigenvalue weighted by molar-refractivity contribution is 5.78. The number of aliphatic hydroxyl groups excluding tert-OH is 1. The van der Waals surface area contributed by atoms with Crippen molar-refractivity contribution < 1.29 is 9.90 Å². The standard InChI is InChI=1S/C11H18N4O2/c12-14-13-5-10(17)15-6-9-3-1-2-4-11(9,7-15)8-16/h9,16H,1-8H2/t9-,11-/m1/s1. The molecule has 1 heterocycles. The van der Waals surface area contributed by atoms with Crippen molar-refractivity contribution in [2.75, 3.05) is 26.2 Å². The van der Waals surface area contributed by atoms with Gasteiger partial charge in [-0.15, -0.1) is 0 Å². The molecule has 2 rings (SSSR count). The fourth-order valence-electron chi connectivity index (χ4n) is 3.22. The van der Waals surface area contributed by atoms with Gasteiger partial charge in [0.25, 0.3) is 0 Å². The van der Waals surface area contributed by atoms with Crippen molar-refractivity contribution in [1.82, 2.24) is 4.90 Å². The Hall–Kier alpha value is -1.26. The molecule has 1 aliphatic heterocycles. The highest BCUT2D eigenvalue weighted by atomic mass is 16.3. The fourth-order valence-corrected chi connectivity index (χ4v) is 3.22. The largest absolute Gasteiger partial charge is 0.396 e. The number of amides is 1. The molecule has 1 saturated heterocycles. The minimum atomic E-state index is -0.120. The van der Waals surface area contributed by atoms with Crippen LogP contribution in [0.25, 0.3) is 10.4 Å². The van der Waals surface area contributed by atoms with E-state index in [0.717, 1.165) is 19.3 Å². The number of hydrogen-bond donors (Lipinski definition) is 1. The summed E-state index contributed by atoms with van der Waals surface area (Å²) in [6, 6.07) is 0.